The number of aliphatic hydroxyl groups is 1. The van der Waals surface area contributed by atoms with Crippen molar-refractivity contribution in [1.29, 1.82) is 0 Å². The molecule has 2 aromatic carbocycles. The molecule has 0 amide bonds. The van der Waals surface area contributed by atoms with Crippen LogP contribution in [0.3, 0.4) is 0 Å². The van der Waals surface area contributed by atoms with E-state index in [2.05, 4.69) is 0 Å². The highest BCUT2D eigenvalue weighted by atomic mass is 16.6. The number of nitro benzene ring substituents is 1. The summed E-state index contributed by atoms with van der Waals surface area (Å²) in [6.07, 6.45) is -0.765. The van der Waals surface area contributed by atoms with E-state index < -0.39 is 11.0 Å². The Bertz CT molecular complexity index is 660. The van der Waals surface area contributed by atoms with Crippen LogP contribution in [0.15, 0.2) is 36.4 Å². The predicted octanol–water partition coefficient (Wildman–Crippen LogP) is 4.06. The summed E-state index contributed by atoms with van der Waals surface area (Å²) in [7, 11) is 0. The van der Waals surface area contributed by atoms with Crippen LogP contribution in [0, 0.1) is 24.0 Å². The Balaban J connectivity index is 2.41. The van der Waals surface area contributed by atoms with Crippen LogP contribution in [0.1, 0.15) is 29.7 Å². The van der Waals surface area contributed by atoms with Gasteiger partial charge in [-0.2, -0.15) is 0 Å². The van der Waals surface area contributed by atoms with E-state index in [1.54, 1.807) is 13.0 Å². The molecule has 0 heterocycles. The topological polar surface area (TPSA) is 72.6 Å². The second kappa shape index (κ2) is 5.93. The van der Waals surface area contributed by atoms with Gasteiger partial charge in [-0.15, -0.1) is 0 Å². The molecule has 110 valence electrons. The van der Waals surface area contributed by atoms with Gasteiger partial charge in [0.2, 0.25) is 5.75 Å². The van der Waals surface area contributed by atoms with E-state index in [-0.39, 0.29) is 11.4 Å². The van der Waals surface area contributed by atoms with Crippen molar-refractivity contribution >= 4 is 5.69 Å². The largest absolute Gasteiger partial charge is 0.450 e. The van der Waals surface area contributed by atoms with Gasteiger partial charge in [0.05, 0.1) is 11.0 Å². The normalized spacial score (nSPS) is 12.0. The Morgan fingerprint density at radius 3 is 2.29 bits per heavy atom. The van der Waals surface area contributed by atoms with E-state index in [0.29, 0.717) is 11.3 Å². The number of ether oxygens (including phenoxy) is 1. The van der Waals surface area contributed by atoms with Crippen molar-refractivity contribution in [3.8, 4) is 11.5 Å². The van der Waals surface area contributed by atoms with E-state index in [1.165, 1.54) is 12.1 Å². The molecule has 0 fully saturated rings. The third-order valence-electron chi connectivity index (χ3n) is 3.09. The van der Waals surface area contributed by atoms with Crippen LogP contribution < -0.4 is 4.74 Å². The number of hydrogen-bond acceptors (Lipinski definition) is 4. The van der Waals surface area contributed by atoms with Crippen molar-refractivity contribution < 1.29 is 14.8 Å². The summed E-state index contributed by atoms with van der Waals surface area (Å²) in [6, 6.07) is 10.1. The first-order valence-electron chi connectivity index (χ1n) is 6.59. The molecule has 0 unspecified atom stereocenters. The van der Waals surface area contributed by atoms with Crippen LogP contribution in [-0.2, 0) is 0 Å². The van der Waals surface area contributed by atoms with Gasteiger partial charge in [0.25, 0.3) is 0 Å². The fourth-order valence-electron chi connectivity index (χ4n) is 2.14. The summed E-state index contributed by atoms with van der Waals surface area (Å²) in [5.74, 6) is 0.717. The van der Waals surface area contributed by atoms with Crippen LogP contribution in [-0.4, -0.2) is 10.0 Å². The molecule has 0 saturated carbocycles. The number of nitrogens with zero attached hydrogens (tertiary/aromatic N) is 1. The van der Waals surface area contributed by atoms with Gasteiger partial charge in [0, 0.05) is 6.07 Å². The fraction of sp³-hybridized carbons (Fsp3) is 0.250. The molecule has 0 bridgehead atoms. The average molecular weight is 287 g/mol. The summed E-state index contributed by atoms with van der Waals surface area (Å²) in [5.41, 5.74) is 2.36. The van der Waals surface area contributed by atoms with Crippen LogP contribution >= 0.6 is 0 Å². The number of nitro groups is 1. The van der Waals surface area contributed by atoms with Crippen molar-refractivity contribution in [2.45, 2.75) is 26.9 Å². The first kappa shape index (κ1) is 15.0. The number of aliphatic hydroxyl groups excluding tert-OH is 1. The van der Waals surface area contributed by atoms with Crippen molar-refractivity contribution in [2.24, 2.45) is 0 Å². The minimum absolute atomic E-state index is 0.160. The van der Waals surface area contributed by atoms with Gasteiger partial charge in [-0.1, -0.05) is 12.1 Å². The lowest BCUT2D eigenvalue weighted by molar-refractivity contribution is -0.385. The molecular weight excluding hydrogens is 270 g/mol. The number of rotatable bonds is 4. The Kier molecular flexibility index (Phi) is 4.23. The Hall–Kier alpha value is -2.40. The zero-order valence-electron chi connectivity index (χ0n) is 12.2. The second-order valence-electron chi connectivity index (χ2n) is 5.09. The molecule has 0 aliphatic carbocycles. The maximum Gasteiger partial charge on any atom is 0.311 e. The van der Waals surface area contributed by atoms with Gasteiger partial charge in [-0.3, -0.25) is 10.1 Å². The maximum absolute atomic E-state index is 11.2. The van der Waals surface area contributed by atoms with E-state index in [9.17, 15) is 15.2 Å². The molecule has 0 aliphatic rings. The lowest BCUT2D eigenvalue weighted by Crippen LogP contribution is -1.98. The zero-order valence-corrected chi connectivity index (χ0v) is 12.2. The minimum Gasteiger partial charge on any atom is -0.450 e. The first-order chi connectivity index (χ1) is 9.86. The number of benzene rings is 2. The van der Waals surface area contributed by atoms with Crippen LogP contribution in [0.2, 0.25) is 0 Å². The molecular formula is C16H17NO4. The fourth-order valence-corrected chi connectivity index (χ4v) is 2.14. The third-order valence-corrected chi connectivity index (χ3v) is 3.09. The molecule has 0 aliphatic heterocycles. The molecule has 0 spiro atoms. The molecule has 0 radical (unpaired) electrons. The molecule has 0 saturated heterocycles. The van der Waals surface area contributed by atoms with Crippen LogP contribution in [0.25, 0.3) is 0 Å². The quantitative estimate of drug-likeness (QED) is 0.680. The molecule has 1 atom stereocenters. The highest BCUT2D eigenvalue weighted by Gasteiger charge is 2.18. The summed E-state index contributed by atoms with van der Waals surface area (Å²) in [4.78, 5) is 10.7. The molecule has 0 aromatic heterocycles. The molecule has 2 aromatic rings. The summed E-state index contributed by atoms with van der Waals surface area (Å²) < 4.78 is 5.64. The van der Waals surface area contributed by atoms with Crippen LogP contribution in [0.4, 0.5) is 5.69 Å². The van der Waals surface area contributed by atoms with Crippen molar-refractivity contribution in [2.75, 3.05) is 0 Å². The van der Waals surface area contributed by atoms with Gasteiger partial charge >= 0.3 is 5.69 Å². The summed E-state index contributed by atoms with van der Waals surface area (Å²) in [6.45, 7) is 5.43. The minimum atomic E-state index is -0.765. The van der Waals surface area contributed by atoms with Crippen molar-refractivity contribution in [3.05, 3.63) is 63.2 Å². The van der Waals surface area contributed by atoms with E-state index in [4.69, 9.17) is 4.74 Å². The lowest BCUT2D eigenvalue weighted by atomic mass is 10.1. The third kappa shape index (κ3) is 3.58. The smallest absolute Gasteiger partial charge is 0.311 e. The predicted molar refractivity (Wildman–Crippen MR) is 79.7 cm³/mol. The molecule has 5 heteroatoms. The molecule has 1 N–H and O–H groups in total. The van der Waals surface area contributed by atoms with E-state index in [0.717, 1.165) is 11.1 Å². The second-order valence-corrected chi connectivity index (χ2v) is 5.09. The van der Waals surface area contributed by atoms with Crippen molar-refractivity contribution in [3.63, 3.8) is 0 Å². The van der Waals surface area contributed by atoms with Gasteiger partial charge in [0.1, 0.15) is 5.75 Å². The Morgan fingerprint density at radius 1 is 1.14 bits per heavy atom. The highest BCUT2D eigenvalue weighted by molar-refractivity contribution is 5.51. The number of hydrogen-bond donors (Lipinski definition) is 1. The van der Waals surface area contributed by atoms with Crippen molar-refractivity contribution in [1.82, 2.24) is 0 Å². The molecule has 5 nitrogen and oxygen atoms in total. The SMILES string of the molecule is Cc1cc(C)cc(Oc2ccc([C@@H](C)O)cc2[N+](=O)[O-])c1. The van der Waals surface area contributed by atoms with Gasteiger partial charge in [-0.25, -0.2) is 0 Å². The summed E-state index contributed by atoms with van der Waals surface area (Å²) in [5, 5.41) is 20.7. The summed E-state index contributed by atoms with van der Waals surface area (Å²) >= 11 is 0. The van der Waals surface area contributed by atoms with Crippen LogP contribution in [0.5, 0.6) is 11.5 Å². The Labute approximate surface area is 123 Å². The van der Waals surface area contributed by atoms with Gasteiger partial charge in [0.15, 0.2) is 0 Å². The maximum atomic E-state index is 11.2. The Morgan fingerprint density at radius 2 is 1.76 bits per heavy atom. The van der Waals surface area contributed by atoms with E-state index >= 15 is 0 Å². The highest BCUT2D eigenvalue weighted by Crippen LogP contribution is 2.34. The lowest BCUT2D eigenvalue weighted by Gasteiger charge is -2.10. The van der Waals surface area contributed by atoms with Gasteiger partial charge in [-0.05, 0) is 55.7 Å². The number of aryl methyl sites for hydroxylation is 2. The molecule has 21 heavy (non-hydrogen) atoms. The zero-order chi connectivity index (χ0) is 15.6. The average Bonchev–Trinajstić information content (AvgIpc) is 2.37. The molecule has 2 rings (SSSR count). The van der Waals surface area contributed by atoms with E-state index in [1.807, 2.05) is 32.0 Å². The monoisotopic (exact) mass is 287 g/mol. The standard InChI is InChI=1S/C16H17NO4/c1-10-6-11(2)8-14(7-10)21-16-5-4-13(12(3)18)9-15(16)17(19)20/h4-9,12,18H,1-3H3/t12-/m1/s1. The first-order valence-corrected chi connectivity index (χ1v) is 6.59. The van der Waals surface area contributed by atoms with Gasteiger partial charge < -0.3 is 9.84 Å².